The zero-order chi connectivity index (χ0) is 16.8. The molecule has 0 unspecified atom stereocenters. The third kappa shape index (κ3) is 4.75. The lowest BCUT2D eigenvalue weighted by Crippen LogP contribution is -2.41. The number of benzene rings is 1. The van der Waals surface area contributed by atoms with Gasteiger partial charge in [0.2, 0.25) is 11.0 Å². The molecule has 7 heteroatoms. The lowest BCUT2D eigenvalue weighted by molar-refractivity contribution is -0.122. The van der Waals surface area contributed by atoms with E-state index in [4.69, 9.17) is 5.73 Å². The Balaban J connectivity index is 1.35. The highest BCUT2D eigenvalue weighted by molar-refractivity contribution is 7.15. The highest BCUT2D eigenvalue weighted by Gasteiger charge is 2.21. The second-order valence-electron chi connectivity index (χ2n) is 6.10. The van der Waals surface area contributed by atoms with Gasteiger partial charge in [-0.1, -0.05) is 41.7 Å². The molecule has 1 aromatic heterocycles. The molecule has 6 nitrogen and oxygen atoms in total. The number of carbonyl (C=O) groups is 1. The van der Waals surface area contributed by atoms with Crippen LogP contribution in [-0.4, -0.2) is 47.2 Å². The molecule has 3 rings (SSSR count). The van der Waals surface area contributed by atoms with Crippen molar-refractivity contribution in [3.8, 4) is 0 Å². The Hall–Kier alpha value is -1.99. The van der Waals surface area contributed by atoms with Gasteiger partial charge in [0.25, 0.3) is 0 Å². The molecule has 0 atom stereocenters. The normalized spacial score (nSPS) is 16.2. The minimum atomic E-state index is 0.0747. The van der Waals surface area contributed by atoms with Gasteiger partial charge in [-0.05, 0) is 37.4 Å². The largest absolute Gasteiger partial charge is 0.374 e. The van der Waals surface area contributed by atoms with E-state index in [2.05, 4.69) is 50.7 Å². The van der Waals surface area contributed by atoms with E-state index in [0.29, 0.717) is 30.6 Å². The molecule has 0 aliphatic carbocycles. The summed E-state index contributed by atoms with van der Waals surface area (Å²) in [5.41, 5.74) is 6.95. The van der Waals surface area contributed by atoms with Crippen LogP contribution in [-0.2, 0) is 11.2 Å². The van der Waals surface area contributed by atoms with E-state index in [1.165, 1.54) is 16.9 Å². The van der Waals surface area contributed by atoms with Crippen LogP contribution in [0.5, 0.6) is 0 Å². The third-order valence-corrected chi connectivity index (χ3v) is 5.18. The number of nitrogens with zero attached hydrogens (tertiary/aromatic N) is 3. The van der Waals surface area contributed by atoms with Crippen LogP contribution in [0.25, 0.3) is 0 Å². The Morgan fingerprint density at radius 3 is 2.67 bits per heavy atom. The lowest BCUT2D eigenvalue weighted by atomic mass is 9.89. The van der Waals surface area contributed by atoms with E-state index >= 15 is 0 Å². The molecule has 0 radical (unpaired) electrons. The molecule has 128 valence electrons. The number of likely N-dealkylation sites (tertiary alicyclic amines) is 1. The maximum absolute atomic E-state index is 12.0. The summed E-state index contributed by atoms with van der Waals surface area (Å²) in [5.74, 6) is 0.694. The zero-order valence-electron chi connectivity index (χ0n) is 13.6. The molecule has 1 aliphatic rings. The molecule has 0 spiro atoms. The number of hydrogen-bond acceptors (Lipinski definition) is 6. The van der Waals surface area contributed by atoms with Crippen LogP contribution < -0.4 is 11.1 Å². The summed E-state index contributed by atoms with van der Waals surface area (Å²) in [6, 6.07) is 10.7. The maximum Gasteiger partial charge on any atom is 0.234 e. The second-order valence-corrected chi connectivity index (χ2v) is 7.19. The third-order valence-electron chi connectivity index (χ3n) is 4.37. The fourth-order valence-corrected chi connectivity index (χ4v) is 3.69. The maximum atomic E-state index is 12.0. The first-order valence-corrected chi connectivity index (χ1v) is 9.14. The van der Waals surface area contributed by atoms with E-state index in [-0.39, 0.29) is 5.91 Å². The number of amides is 1. The quantitative estimate of drug-likeness (QED) is 0.832. The number of rotatable bonds is 6. The number of piperidine rings is 1. The summed E-state index contributed by atoms with van der Waals surface area (Å²) in [7, 11) is 0. The summed E-state index contributed by atoms with van der Waals surface area (Å²) in [6.07, 6.45) is 2.90. The van der Waals surface area contributed by atoms with Crippen molar-refractivity contribution in [2.45, 2.75) is 25.2 Å². The SMILES string of the molecule is Nc1nnc(CCNC(=O)CN2CCC(c3ccccc3)CC2)s1. The van der Waals surface area contributed by atoms with Gasteiger partial charge in [-0.25, -0.2) is 0 Å². The van der Waals surface area contributed by atoms with Gasteiger partial charge >= 0.3 is 0 Å². The van der Waals surface area contributed by atoms with Gasteiger partial charge in [-0.3, -0.25) is 9.69 Å². The minimum Gasteiger partial charge on any atom is -0.374 e. The van der Waals surface area contributed by atoms with Gasteiger partial charge < -0.3 is 11.1 Å². The predicted octanol–water partition coefficient (Wildman–Crippen LogP) is 1.66. The molecule has 1 amide bonds. The first-order chi connectivity index (χ1) is 11.7. The van der Waals surface area contributed by atoms with Gasteiger partial charge in [-0.15, -0.1) is 10.2 Å². The van der Waals surface area contributed by atoms with Crippen molar-refractivity contribution in [3.05, 3.63) is 40.9 Å². The van der Waals surface area contributed by atoms with Crippen LogP contribution in [0.2, 0.25) is 0 Å². The first kappa shape index (κ1) is 16.9. The van der Waals surface area contributed by atoms with Gasteiger partial charge in [-0.2, -0.15) is 0 Å². The van der Waals surface area contributed by atoms with E-state index in [9.17, 15) is 4.79 Å². The summed E-state index contributed by atoms with van der Waals surface area (Å²) >= 11 is 1.37. The number of nitrogen functional groups attached to an aromatic ring is 1. The van der Waals surface area contributed by atoms with E-state index in [0.717, 1.165) is 30.9 Å². The lowest BCUT2D eigenvalue weighted by Gasteiger charge is -2.31. The number of anilines is 1. The fourth-order valence-electron chi connectivity index (χ4n) is 3.09. The molecule has 1 fully saturated rings. The summed E-state index contributed by atoms with van der Waals surface area (Å²) in [4.78, 5) is 14.3. The van der Waals surface area contributed by atoms with Crippen molar-refractivity contribution >= 4 is 22.4 Å². The second kappa shape index (κ2) is 8.21. The van der Waals surface area contributed by atoms with Gasteiger partial charge in [0.15, 0.2) is 0 Å². The van der Waals surface area contributed by atoms with Crippen LogP contribution >= 0.6 is 11.3 Å². The van der Waals surface area contributed by atoms with Crippen molar-refractivity contribution in [3.63, 3.8) is 0 Å². The van der Waals surface area contributed by atoms with Crippen LogP contribution in [0.1, 0.15) is 29.3 Å². The van der Waals surface area contributed by atoms with E-state index < -0.39 is 0 Å². The molecule has 1 aliphatic heterocycles. The molecule has 3 N–H and O–H groups in total. The summed E-state index contributed by atoms with van der Waals surface area (Å²) in [6.45, 7) is 2.99. The fraction of sp³-hybridized carbons (Fsp3) is 0.471. The molecular formula is C17H23N5OS. The van der Waals surface area contributed by atoms with Gasteiger partial charge in [0.05, 0.1) is 6.54 Å². The van der Waals surface area contributed by atoms with Crippen LogP contribution in [0.15, 0.2) is 30.3 Å². The highest BCUT2D eigenvalue weighted by Crippen LogP contribution is 2.27. The van der Waals surface area contributed by atoms with Crippen molar-refractivity contribution < 1.29 is 4.79 Å². The topological polar surface area (TPSA) is 84.1 Å². The smallest absolute Gasteiger partial charge is 0.234 e. The van der Waals surface area contributed by atoms with Crippen molar-refractivity contribution in [1.29, 1.82) is 0 Å². The number of nitrogens with two attached hydrogens (primary N) is 1. The molecule has 2 heterocycles. The molecule has 24 heavy (non-hydrogen) atoms. The average Bonchev–Trinajstić information content (AvgIpc) is 3.02. The molecule has 0 bridgehead atoms. The Morgan fingerprint density at radius 1 is 1.25 bits per heavy atom. The number of aromatic nitrogens is 2. The number of carbonyl (C=O) groups excluding carboxylic acids is 1. The molecule has 1 aromatic carbocycles. The first-order valence-electron chi connectivity index (χ1n) is 8.32. The Kier molecular flexibility index (Phi) is 5.77. The number of hydrogen-bond donors (Lipinski definition) is 2. The molecule has 0 saturated carbocycles. The van der Waals surface area contributed by atoms with Crippen molar-refractivity contribution in [2.24, 2.45) is 0 Å². The molecule has 1 saturated heterocycles. The van der Waals surface area contributed by atoms with Crippen LogP contribution in [0.3, 0.4) is 0 Å². The van der Waals surface area contributed by atoms with Crippen LogP contribution in [0.4, 0.5) is 5.13 Å². The standard InChI is InChI=1S/C17H23N5OS/c18-17-21-20-16(24-17)6-9-19-15(23)12-22-10-7-14(8-11-22)13-4-2-1-3-5-13/h1-5,14H,6-12H2,(H2,18,21)(H,19,23). The minimum absolute atomic E-state index is 0.0747. The van der Waals surface area contributed by atoms with E-state index in [1.807, 2.05) is 0 Å². The van der Waals surface area contributed by atoms with Crippen molar-refractivity contribution in [2.75, 3.05) is 31.9 Å². The Morgan fingerprint density at radius 2 is 2.00 bits per heavy atom. The summed E-state index contributed by atoms with van der Waals surface area (Å²) < 4.78 is 0. The highest BCUT2D eigenvalue weighted by atomic mass is 32.1. The molecule has 2 aromatic rings. The van der Waals surface area contributed by atoms with Gasteiger partial charge in [0.1, 0.15) is 5.01 Å². The monoisotopic (exact) mass is 345 g/mol. The zero-order valence-corrected chi connectivity index (χ0v) is 14.5. The van der Waals surface area contributed by atoms with E-state index in [1.54, 1.807) is 0 Å². The summed E-state index contributed by atoms with van der Waals surface area (Å²) in [5, 5.41) is 12.0. The van der Waals surface area contributed by atoms with Crippen LogP contribution in [0, 0.1) is 0 Å². The molecular weight excluding hydrogens is 322 g/mol. The Bertz CT molecular complexity index is 652. The average molecular weight is 345 g/mol. The Labute approximate surface area is 146 Å². The predicted molar refractivity (Wildman–Crippen MR) is 95.9 cm³/mol. The van der Waals surface area contributed by atoms with Crippen molar-refractivity contribution in [1.82, 2.24) is 20.4 Å². The van der Waals surface area contributed by atoms with Gasteiger partial charge in [0, 0.05) is 13.0 Å². The number of nitrogens with one attached hydrogen (secondary N) is 1.